The number of imidazole rings is 2. The van der Waals surface area contributed by atoms with Gasteiger partial charge in [0, 0.05) is 31.2 Å². The van der Waals surface area contributed by atoms with Crippen LogP contribution in [0.25, 0.3) is 11.2 Å². The van der Waals surface area contributed by atoms with Crippen LogP contribution in [0.4, 0.5) is 0 Å². The van der Waals surface area contributed by atoms with Crippen LogP contribution in [0.2, 0.25) is 0 Å². The Morgan fingerprint density at radius 2 is 1.82 bits per heavy atom. The summed E-state index contributed by atoms with van der Waals surface area (Å²) in [5.74, 6) is 1.51. The second-order valence-corrected chi connectivity index (χ2v) is 9.80. The van der Waals surface area contributed by atoms with Gasteiger partial charge in [0.05, 0.1) is 41.5 Å². The predicted octanol–water partition coefficient (Wildman–Crippen LogP) is 4.80. The van der Waals surface area contributed by atoms with E-state index in [1.807, 2.05) is 16.9 Å². The third kappa shape index (κ3) is 3.71. The zero-order valence-electron chi connectivity index (χ0n) is 19.0. The molecule has 5 aromatic rings. The lowest BCUT2D eigenvalue weighted by Gasteiger charge is -2.02. The summed E-state index contributed by atoms with van der Waals surface area (Å²) in [7, 11) is 0. The standard InChI is InChI=1S/C27H26N6O/c34-26(7-6-24-25-11-20(18-1-2-18)9-10-31(25)17-28-24)22-12-29-33(14-22)16-23-15-32-13-21(19-3-4-19)5-8-27(32)30-23/h5,8-15,17-19H,1-4,6-7,16H2. The minimum Gasteiger partial charge on any atom is -0.306 e. The van der Waals surface area contributed by atoms with Crippen molar-refractivity contribution in [2.75, 3.05) is 0 Å². The van der Waals surface area contributed by atoms with Crippen molar-refractivity contribution in [1.29, 1.82) is 0 Å². The molecule has 5 aromatic heterocycles. The molecule has 0 unspecified atom stereocenters. The van der Waals surface area contributed by atoms with E-state index in [1.54, 1.807) is 10.9 Å². The second-order valence-electron chi connectivity index (χ2n) is 9.80. The summed E-state index contributed by atoms with van der Waals surface area (Å²) >= 11 is 0. The molecule has 0 aliphatic heterocycles. The average molecular weight is 451 g/mol. The van der Waals surface area contributed by atoms with Crippen molar-refractivity contribution in [3.8, 4) is 0 Å². The molecule has 0 bridgehead atoms. The Hall–Kier alpha value is -3.74. The summed E-state index contributed by atoms with van der Waals surface area (Å²) in [5, 5.41) is 4.42. The molecule has 0 amide bonds. The summed E-state index contributed by atoms with van der Waals surface area (Å²) in [6, 6.07) is 8.70. The lowest BCUT2D eigenvalue weighted by atomic mass is 10.1. The van der Waals surface area contributed by atoms with Gasteiger partial charge in [-0.15, -0.1) is 0 Å². The van der Waals surface area contributed by atoms with Crippen molar-refractivity contribution in [2.45, 2.75) is 56.9 Å². The van der Waals surface area contributed by atoms with Gasteiger partial charge in [-0.1, -0.05) is 6.07 Å². The molecule has 7 nitrogen and oxygen atoms in total. The lowest BCUT2D eigenvalue weighted by Crippen LogP contribution is -2.02. The van der Waals surface area contributed by atoms with E-state index in [0.717, 1.165) is 28.5 Å². The van der Waals surface area contributed by atoms with E-state index in [2.05, 4.69) is 57.3 Å². The molecule has 7 heteroatoms. The number of aryl methyl sites for hydroxylation is 1. The molecule has 7 rings (SSSR count). The summed E-state index contributed by atoms with van der Waals surface area (Å²) in [6.07, 6.45) is 17.8. The third-order valence-electron chi connectivity index (χ3n) is 7.13. The number of pyridine rings is 2. The van der Waals surface area contributed by atoms with Crippen LogP contribution >= 0.6 is 0 Å². The van der Waals surface area contributed by atoms with Crippen LogP contribution in [0.15, 0.2) is 61.6 Å². The number of carbonyl (C=O) groups is 1. The Labute approximate surface area is 197 Å². The fourth-order valence-electron chi connectivity index (χ4n) is 4.85. The Morgan fingerprint density at radius 3 is 2.68 bits per heavy atom. The molecule has 34 heavy (non-hydrogen) atoms. The van der Waals surface area contributed by atoms with Crippen molar-refractivity contribution in [2.24, 2.45) is 0 Å². The molecule has 170 valence electrons. The monoisotopic (exact) mass is 450 g/mol. The zero-order valence-corrected chi connectivity index (χ0v) is 19.0. The molecule has 2 fully saturated rings. The van der Waals surface area contributed by atoms with Crippen molar-refractivity contribution < 1.29 is 4.79 Å². The number of Topliss-reactive ketones (excluding diaryl/α,β-unsaturated/α-hetero) is 1. The number of carbonyl (C=O) groups excluding carboxylic acids is 1. The van der Waals surface area contributed by atoms with Crippen molar-refractivity contribution in [3.63, 3.8) is 0 Å². The van der Waals surface area contributed by atoms with Crippen molar-refractivity contribution >= 4 is 16.9 Å². The predicted molar refractivity (Wildman–Crippen MR) is 128 cm³/mol. The fraction of sp³-hybridized carbons (Fsp3) is 0.333. The van der Waals surface area contributed by atoms with Crippen molar-refractivity contribution in [1.82, 2.24) is 28.5 Å². The van der Waals surface area contributed by atoms with Gasteiger partial charge < -0.3 is 8.80 Å². The third-order valence-corrected chi connectivity index (χ3v) is 7.13. The van der Waals surface area contributed by atoms with Crippen LogP contribution in [0, 0.1) is 0 Å². The molecule has 2 aliphatic carbocycles. The highest BCUT2D eigenvalue weighted by Gasteiger charge is 2.25. The molecule has 0 atom stereocenters. The van der Waals surface area contributed by atoms with Gasteiger partial charge in [0.15, 0.2) is 5.78 Å². The van der Waals surface area contributed by atoms with Gasteiger partial charge >= 0.3 is 0 Å². The number of aromatic nitrogens is 6. The van der Waals surface area contributed by atoms with E-state index in [-0.39, 0.29) is 5.78 Å². The number of hydrogen-bond donors (Lipinski definition) is 0. The Balaban J connectivity index is 1.03. The number of rotatable bonds is 8. The molecule has 2 aliphatic rings. The molecule has 0 saturated heterocycles. The highest BCUT2D eigenvalue weighted by molar-refractivity contribution is 5.95. The van der Waals surface area contributed by atoms with E-state index in [9.17, 15) is 4.79 Å². The van der Waals surface area contributed by atoms with Gasteiger partial charge in [-0.25, -0.2) is 9.97 Å². The maximum atomic E-state index is 12.9. The van der Waals surface area contributed by atoms with Gasteiger partial charge in [0.25, 0.3) is 0 Å². The van der Waals surface area contributed by atoms with Gasteiger partial charge in [0.2, 0.25) is 0 Å². The number of hydrogen-bond acceptors (Lipinski definition) is 4. The minimum atomic E-state index is 0.0924. The second kappa shape index (κ2) is 7.65. The fourth-order valence-corrected chi connectivity index (χ4v) is 4.85. The minimum absolute atomic E-state index is 0.0924. The summed E-state index contributed by atoms with van der Waals surface area (Å²) in [4.78, 5) is 22.1. The quantitative estimate of drug-likeness (QED) is 0.319. The van der Waals surface area contributed by atoms with E-state index >= 15 is 0 Å². The highest BCUT2D eigenvalue weighted by atomic mass is 16.1. The van der Waals surface area contributed by atoms with Crippen LogP contribution in [0.5, 0.6) is 0 Å². The van der Waals surface area contributed by atoms with Crippen LogP contribution < -0.4 is 0 Å². The van der Waals surface area contributed by atoms with Crippen molar-refractivity contribution in [3.05, 3.63) is 89.7 Å². The van der Waals surface area contributed by atoms with E-state index in [4.69, 9.17) is 4.98 Å². The largest absolute Gasteiger partial charge is 0.306 e. The molecule has 5 heterocycles. The molecule has 2 saturated carbocycles. The molecular weight excluding hydrogens is 424 g/mol. The Bertz CT molecular complexity index is 1530. The lowest BCUT2D eigenvalue weighted by molar-refractivity contribution is 0.0982. The van der Waals surface area contributed by atoms with E-state index < -0.39 is 0 Å². The Kier molecular flexibility index (Phi) is 4.43. The molecular formula is C27H26N6O. The molecule has 0 N–H and O–H groups in total. The smallest absolute Gasteiger partial charge is 0.166 e. The first-order valence-electron chi connectivity index (χ1n) is 12.2. The van der Waals surface area contributed by atoms with Gasteiger partial charge in [-0.05, 0) is 73.3 Å². The summed E-state index contributed by atoms with van der Waals surface area (Å²) in [6.45, 7) is 0.545. The molecule has 0 spiro atoms. The van der Waals surface area contributed by atoms with Gasteiger partial charge in [0.1, 0.15) is 5.65 Å². The average Bonchev–Trinajstić information content (AvgIpc) is 3.76. The highest BCUT2D eigenvalue weighted by Crippen LogP contribution is 2.41. The first-order chi connectivity index (χ1) is 16.7. The number of nitrogens with zero attached hydrogens (tertiary/aromatic N) is 6. The zero-order chi connectivity index (χ0) is 22.6. The van der Waals surface area contributed by atoms with Crippen LogP contribution in [0.3, 0.4) is 0 Å². The number of fused-ring (bicyclic) bond motifs is 2. The summed E-state index contributed by atoms with van der Waals surface area (Å²) < 4.78 is 5.94. The first-order valence-corrected chi connectivity index (χ1v) is 12.2. The maximum absolute atomic E-state index is 12.9. The van der Waals surface area contributed by atoms with E-state index in [1.165, 1.54) is 36.8 Å². The number of ketones is 1. The normalized spacial score (nSPS) is 16.0. The van der Waals surface area contributed by atoms with Crippen LogP contribution in [-0.4, -0.2) is 34.3 Å². The van der Waals surface area contributed by atoms with Gasteiger partial charge in [-0.2, -0.15) is 5.10 Å². The van der Waals surface area contributed by atoms with Crippen LogP contribution in [-0.2, 0) is 13.0 Å². The molecule has 0 aromatic carbocycles. The van der Waals surface area contributed by atoms with E-state index in [0.29, 0.717) is 30.9 Å². The topological polar surface area (TPSA) is 69.5 Å². The summed E-state index contributed by atoms with van der Waals surface area (Å²) in [5.41, 5.74) is 7.39. The first kappa shape index (κ1) is 19.7. The maximum Gasteiger partial charge on any atom is 0.166 e. The SMILES string of the molecule is O=C(CCc1ncn2ccc(C3CC3)cc12)c1cnn(Cc2cn3cc(C4CC4)ccc3n2)c1. The van der Waals surface area contributed by atoms with Crippen LogP contribution in [0.1, 0.15) is 76.8 Å². The van der Waals surface area contributed by atoms with Gasteiger partial charge in [-0.3, -0.25) is 9.48 Å². The molecule has 0 radical (unpaired) electrons. The Morgan fingerprint density at radius 1 is 0.971 bits per heavy atom.